The van der Waals surface area contributed by atoms with Gasteiger partial charge in [-0.05, 0) is 30.5 Å². The number of nitrogens with two attached hydrogens (primary N) is 1. The Hall–Kier alpha value is -0.380. The van der Waals surface area contributed by atoms with Gasteiger partial charge in [-0.25, -0.2) is 0 Å². The van der Waals surface area contributed by atoms with Gasteiger partial charge in [0.1, 0.15) is 0 Å². The molecule has 0 bridgehead atoms. The van der Waals surface area contributed by atoms with Crippen LogP contribution < -0.4 is 5.73 Å². The number of hydrogen-bond acceptors (Lipinski definition) is 2. The molecule has 3 heteroatoms. The first-order valence-electron chi connectivity index (χ1n) is 6.29. The number of ether oxygens (including phenoxy) is 1. The van der Waals surface area contributed by atoms with Crippen LogP contribution in [0.25, 0.3) is 0 Å². The summed E-state index contributed by atoms with van der Waals surface area (Å²) < 4.78 is 6.86. The third-order valence-electron chi connectivity index (χ3n) is 3.42. The summed E-state index contributed by atoms with van der Waals surface area (Å²) in [6.07, 6.45) is 6.03. The smallest absolute Gasteiger partial charge is 0.0717 e. The highest BCUT2D eigenvalue weighted by Gasteiger charge is 2.27. The van der Waals surface area contributed by atoms with Crippen molar-refractivity contribution in [3.63, 3.8) is 0 Å². The van der Waals surface area contributed by atoms with E-state index in [0.29, 0.717) is 13.2 Å². The molecule has 0 unspecified atom stereocenters. The molecule has 1 aromatic carbocycles. The first-order chi connectivity index (χ1) is 8.18. The Morgan fingerprint density at radius 2 is 1.76 bits per heavy atom. The van der Waals surface area contributed by atoms with E-state index in [4.69, 9.17) is 10.5 Å². The van der Waals surface area contributed by atoms with Crippen molar-refractivity contribution in [1.82, 2.24) is 0 Å². The van der Waals surface area contributed by atoms with E-state index in [1.807, 2.05) is 12.1 Å². The van der Waals surface area contributed by atoms with Crippen LogP contribution in [0.4, 0.5) is 0 Å². The van der Waals surface area contributed by atoms with Crippen molar-refractivity contribution in [2.45, 2.75) is 44.2 Å². The Morgan fingerprint density at radius 1 is 1.12 bits per heavy atom. The SMILES string of the molecule is NC1(COCc2ccc(Br)cc2)CCCCC1. The first-order valence-corrected chi connectivity index (χ1v) is 7.08. The summed E-state index contributed by atoms with van der Waals surface area (Å²) in [4.78, 5) is 0. The van der Waals surface area contributed by atoms with Gasteiger partial charge < -0.3 is 10.5 Å². The molecule has 0 amide bonds. The van der Waals surface area contributed by atoms with Crippen molar-refractivity contribution in [3.8, 4) is 0 Å². The van der Waals surface area contributed by atoms with Crippen molar-refractivity contribution < 1.29 is 4.74 Å². The molecular formula is C14H20BrNO. The van der Waals surface area contributed by atoms with Crippen LogP contribution in [0, 0.1) is 0 Å². The zero-order valence-corrected chi connectivity index (χ0v) is 11.7. The van der Waals surface area contributed by atoms with E-state index in [2.05, 4.69) is 28.1 Å². The van der Waals surface area contributed by atoms with E-state index < -0.39 is 0 Å². The van der Waals surface area contributed by atoms with Gasteiger partial charge in [-0.2, -0.15) is 0 Å². The Bertz CT molecular complexity index is 344. The normalized spacial score (nSPS) is 19.2. The first kappa shape index (κ1) is 13.1. The molecule has 0 saturated heterocycles. The number of rotatable bonds is 4. The zero-order chi connectivity index (χ0) is 12.1. The third-order valence-corrected chi connectivity index (χ3v) is 3.95. The quantitative estimate of drug-likeness (QED) is 0.921. The van der Waals surface area contributed by atoms with Gasteiger partial charge in [0.05, 0.1) is 13.2 Å². The highest BCUT2D eigenvalue weighted by atomic mass is 79.9. The van der Waals surface area contributed by atoms with Crippen LogP contribution in [0.1, 0.15) is 37.7 Å². The molecule has 0 heterocycles. The Balaban J connectivity index is 1.77. The van der Waals surface area contributed by atoms with Crippen LogP contribution in [-0.2, 0) is 11.3 Å². The van der Waals surface area contributed by atoms with Crippen LogP contribution >= 0.6 is 15.9 Å². The second-order valence-electron chi connectivity index (χ2n) is 5.04. The molecule has 1 aromatic rings. The largest absolute Gasteiger partial charge is 0.375 e. The highest BCUT2D eigenvalue weighted by molar-refractivity contribution is 9.10. The van der Waals surface area contributed by atoms with Crippen molar-refractivity contribution in [3.05, 3.63) is 34.3 Å². The molecule has 0 radical (unpaired) electrons. The van der Waals surface area contributed by atoms with E-state index in [9.17, 15) is 0 Å². The van der Waals surface area contributed by atoms with E-state index in [0.717, 1.165) is 17.3 Å². The second-order valence-corrected chi connectivity index (χ2v) is 5.96. The molecule has 2 rings (SSSR count). The van der Waals surface area contributed by atoms with E-state index >= 15 is 0 Å². The molecule has 94 valence electrons. The van der Waals surface area contributed by atoms with Crippen LogP contribution in [0.3, 0.4) is 0 Å². The standard InChI is InChI=1S/C14H20BrNO/c15-13-6-4-12(5-7-13)10-17-11-14(16)8-2-1-3-9-14/h4-7H,1-3,8-11,16H2. The Labute approximate surface area is 112 Å². The van der Waals surface area contributed by atoms with Gasteiger partial charge >= 0.3 is 0 Å². The lowest BCUT2D eigenvalue weighted by molar-refractivity contribution is 0.0574. The van der Waals surface area contributed by atoms with Gasteiger partial charge in [0.2, 0.25) is 0 Å². The molecule has 0 aliphatic heterocycles. The van der Waals surface area contributed by atoms with E-state index in [-0.39, 0.29) is 5.54 Å². The van der Waals surface area contributed by atoms with Crippen LogP contribution in [0.15, 0.2) is 28.7 Å². The molecule has 1 aliphatic carbocycles. The average molecular weight is 298 g/mol. The number of halogens is 1. The summed E-state index contributed by atoms with van der Waals surface area (Å²) in [5.41, 5.74) is 7.44. The summed E-state index contributed by atoms with van der Waals surface area (Å²) in [5.74, 6) is 0. The second kappa shape index (κ2) is 5.98. The predicted octanol–water partition coefficient (Wildman–Crippen LogP) is 3.63. The summed E-state index contributed by atoms with van der Waals surface area (Å²) in [6.45, 7) is 1.34. The van der Waals surface area contributed by atoms with E-state index in [1.165, 1.54) is 24.8 Å². The molecule has 0 spiro atoms. The minimum atomic E-state index is -0.0758. The summed E-state index contributed by atoms with van der Waals surface area (Å²) in [6, 6.07) is 8.23. The van der Waals surface area contributed by atoms with Crippen molar-refractivity contribution in [1.29, 1.82) is 0 Å². The molecule has 1 fully saturated rings. The predicted molar refractivity (Wildman–Crippen MR) is 73.8 cm³/mol. The Morgan fingerprint density at radius 3 is 2.41 bits per heavy atom. The molecule has 1 aliphatic rings. The van der Waals surface area contributed by atoms with Gasteiger partial charge in [-0.15, -0.1) is 0 Å². The maximum Gasteiger partial charge on any atom is 0.0717 e. The van der Waals surface area contributed by atoms with Crippen molar-refractivity contribution in [2.24, 2.45) is 5.73 Å². The highest BCUT2D eigenvalue weighted by Crippen LogP contribution is 2.26. The maximum atomic E-state index is 6.31. The van der Waals surface area contributed by atoms with Gasteiger partial charge in [0.25, 0.3) is 0 Å². The summed E-state index contributed by atoms with van der Waals surface area (Å²) in [5, 5.41) is 0. The van der Waals surface area contributed by atoms with Crippen LogP contribution in [-0.4, -0.2) is 12.1 Å². The fourth-order valence-corrected chi connectivity index (χ4v) is 2.62. The van der Waals surface area contributed by atoms with Crippen LogP contribution in [0.2, 0.25) is 0 Å². The van der Waals surface area contributed by atoms with Crippen LogP contribution in [0.5, 0.6) is 0 Å². The van der Waals surface area contributed by atoms with E-state index in [1.54, 1.807) is 0 Å². The molecular weight excluding hydrogens is 278 g/mol. The number of hydrogen-bond donors (Lipinski definition) is 1. The van der Waals surface area contributed by atoms with Gasteiger partial charge in [0, 0.05) is 10.0 Å². The third kappa shape index (κ3) is 4.09. The maximum absolute atomic E-state index is 6.31. The lowest BCUT2D eigenvalue weighted by Gasteiger charge is -2.33. The van der Waals surface area contributed by atoms with Gasteiger partial charge in [-0.3, -0.25) is 0 Å². The van der Waals surface area contributed by atoms with Crippen molar-refractivity contribution in [2.75, 3.05) is 6.61 Å². The molecule has 0 atom stereocenters. The molecule has 2 nitrogen and oxygen atoms in total. The lowest BCUT2D eigenvalue weighted by atomic mass is 9.83. The summed E-state index contributed by atoms with van der Waals surface area (Å²) >= 11 is 3.42. The fraction of sp³-hybridized carbons (Fsp3) is 0.571. The van der Waals surface area contributed by atoms with Gasteiger partial charge in [0.15, 0.2) is 0 Å². The number of benzene rings is 1. The topological polar surface area (TPSA) is 35.2 Å². The summed E-state index contributed by atoms with van der Waals surface area (Å²) in [7, 11) is 0. The minimum Gasteiger partial charge on any atom is -0.375 e. The molecule has 1 saturated carbocycles. The van der Waals surface area contributed by atoms with Gasteiger partial charge in [-0.1, -0.05) is 47.3 Å². The van der Waals surface area contributed by atoms with Crippen molar-refractivity contribution >= 4 is 15.9 Å². The lowest BCUT2D eigenvalue weighted by Crippen LogP contribution is -2.46. The minimum absolute atomic E-state index is 0.0758. The molecule has 17 heavy (non-hydrogen) atoms. The molecule has 0 aromatic heterocycles. The average Bonchev–Trinajstić information content (AvgIpc) is 2.32. The zero-order valence-electron chi connectivity index (χ0n) is 10.1. The monoisotopic (exact) mass is 297 g/mol. The fourth-order valence-electron chi connectivity index (χ4n) is 2.35. The Kier molecular flexibility index (Phi) is 4.60. The molecule has 2 N–H and O–H groups in total.